The zero-order valence-corrected chi connectivity index (χ0v) is 23.7. The van der Waals surface area contributed by atoms with Crippen LogP contribution in [-0.2, 0) is 30.8 Å². The molecule has 1 aliphatic rings. The topological polar surface area (TPSA) is 143 Å². The molecule has 0 radical (unpaired) electrons. The molecule has 3 aromatic rings. The number of ether oxygens (including phenoxy) is 3. The number of rotatable bonds is 13. The highest BCUT2D eigenvalue weighted by Crippen LogP contribution is 2.29. The molecule has 4 rings (SSSR count). The first-order valence-electron chi connectivity index (χ1n) is 13.2. The van der Waals surface area contributed by atoms with Crippen LogP contribution in [0.5, 0.6) is 5.75 Å². The Bertz CT molecular complexity index is 1390. The van der Waals surface area contributed by atoms with Crippen molar-refractivity contribution in [3.63, 3.8) is 0 Å². The summed E-state index contributed by atoms with van der Waals surface area (Å²) in [6.45, 7) is 3.88. The van der Waals surface area contributed by atoms with Crippen molar-refractivity contribution in [1.29, 1.82) is 0 Å². The molecule has 0 fully saturated rings. The highest BCUT2D eigenvalue weighted by molar-refractivity contribution is 7.89. The number of carbonyl (C=O) groups excluding carboxylic acids is 1. The number of aromatic amines is 1. The van der Waals surface area contributed by atoms with Crippen LogP contribution in [0.3, 0.4) is 0 Å². The van der Waals surface area contributed by atoms with Crippen molar-refractivity contribution in [2.45, 2.75) is 38.0 Å². The standard InChI is InChI=1S/C28H36N4O7S/c1-19(2)20-16-25(28(34)29-18-26-30-23-6-4-5-7-24(23)31-26)39-27(17-20)38-15-13-32(12-14-33)40(35,36)22-10-8-21(37-3)9-11-22/h4-11,16,19-20,27,33H,12-15,17-18H2,1-3H3,(H,29,34)(H,30,31)/t20-,27+/m1/s1. The summed E-state index contributed by atoms with van der Waals surface area (Å²) in [7, 11) is -2.37. The first-order chi connectivity index (χ1) is 19.2. The van der Waals surface area contributed by atoms with Crippen molar-refractivity contribution in [3.8, 4) is 5.75 Å². The lowest BCUT2D eigenvalue weighted by molar-refractivity contribution is -0.150. The second-order valence-electron chi connectivity index (χ2n) is 9.78. The molecule has 0 spiro atoms. The lowest BCUT2D eigenvalue weighted by Gasteiger charge is -2.31. The summed E-state index contributed by atoms with van der Waals surface area (Å²) in [6.07, 6.45) is 1.59. The first-order valence-corrected chi connectivity index (χ1v) is 14.6. The van der Waals surface area contributed by atoms with Gasteiger partial charge in [0, 0.05) is 19.5 Å². The van der Waals surface area contributed by atoms with Crippen molar-refractivity contribution in [3.05, 3.63) is 66.2 Å². The number of fused-ring (bicyclic) bond motifs is 1. The Kier molecular flexibility index (Phi) is 9.80. The molecule has 11 nitrogen and oxygen atoms in total. The van der Waals surface area contributed by atoms with E-state index in [1.54, 1.807) is 12.1 Å². The number of hydrogen-bond donors (Lipinski definition) is 3. The Hall–Kier alpha value is -3.45. The number of nitrogens with zero attached hydrogens (tertiary/aromatic N) is 2. The van der Waals surface area contributed by atoms with Gasteiger partial charge in [0.15, 0.2) is 5.76 Å². The van der Waals surface area contributed by atoms with Gasteiger partial charge in [0.2, 0.25) is 16.3 Å². The molecule has 2 heterocycles. The highest BCUT2D eigenvalue weighted by atomic mass is 32.2. The maximum absolute atomic E-state index is 13.2. The number of H-pyrrole nitrogens is 1. The van der Waals surface area contributed by atoms with Gasteiger partial charge < -0.3 is 29.6 Å². The van der Waals surface area contributed by atoms with E-state index in [-0.39, 0.29) is 61.2 Å². The third-order valence-electron chi connectivity index (χ3n) is 6.71. The summed E-state index contributed by atoms with van der Waals surface area (Å²) in [4.78, 5) is 20.7. The third kappa shape index (κ3) is 7.19. The number of hydrogen-bond acceptors (Lipinski definition) is 8. The van der Waals surface area contributed by atoms with E-state index in [0.717, 1.165) is 15.3 Å². The number of para-hydroxylation sites is 2. The summed E-state index contributed by atoms with van der Waals surface area (Å²) in [5, 5.41) is 12.3. The Morgan fingerprint density at radius 3 is 2.62 bits per heavy atom. The summed E-state index contributed by atoms with van der Waals surface area (Å²) in [5.41, 5.74) is 1.70. The van der Waals surface area contributed by atoms with Crippen molar-refractivity contribution in [2.75, 3.05) is 33.4 Å². The maximum Gasteiger partial charge on any atom is 0.286 e. The van der Waals surface area contributed by atoms with Gasteiger partial charge in [0.1, 0.15) is 11.6 Å². The Morgan fingerprint density at radius 1 is 1.20 bits per heavy atom. The van der Waals surface area contributed by atoms with Crippen LogP contribution >= 0.6 is 0 Å². The van der Waals surface area contributed by atoms with Crippen LogP contribution in [0.25, 0.3) is 11.0 Å². The quantitative estimate of drug-likeness (QED) is 0.284. The minimum absolute atomic E-state index is 0.00156. The molecule has 2 atom stereocenters. The zero-order valence-electron chi connectivity index (χ0n) is 22.9. The van der Waals surface area contributed by atoms with E-state index in [4.69, 9.17) is 14.2 Å². The average molecular weight is 573 g/mol. The fourth-order valence-corrected chi connectivity index (χ4v) is 5.81. The molecule has 3 N–H and O–H groups in total. The summed E-state index contributed by atoms with van der Waals surface area (Å²) in [6, 6.07) is 13.7. The molecule has 0 aliphatic carbocycles. The normalized spacial score (nSPS) is 17.6. The second-order valence-corrected chi connectivity index (χ2v) is 11.7. The molecule has 1 amide bonds. The van der Waals surface area contributed by atoms with Gasteiger partial charge in [-0.1, -0.05) is 26.0 Å². The van der Waals surface area contributed by atoms with Gasteiger partial charge in [0.25, 0.3) is 5.91 Å². The number of allylic oxidation sites excluding steroid dienone is 1. The summed E-state index contributed by atoms with van der Waals surface area (Å²) < 4.78 is 44.4. The van der Waals surface area contributed by atoms with E-state index >= 15 is 0 Å². The van der Waals surface area contributed by atoms with E-state index in [1.807, 2.05) is 30.3 Å². The predicted molar refractivity (Wildman–Crippen MR) is 149 cm³/mol. The van der Waals surface area contributed by atoms with Gasteiger partial charge in [-0.2, -0.15) is 4.31 Å². The number of amides is 1. The minimum Gasteiger partial charge on any atom is -0.497 e. The Balaban J connectivity index is 1.36. The van der Waals surface area contributed by atoms with Gasteiger partial charge in [-0.05, 0) is 54.3 Å². The van der Waals surface area contributed by atoms with E-state index in [0.29, 0.717) is 18.0 Å². The van der Waals surface area contributed by atoms with E-state index in [9.17, 15) is 18.3 Å². The molecule has 0 unspecified atom stereocenters. The average Bonchev–Trinajstić information content (AvgIpc) is 3.38. The minimum atomic E-state index is -3.87. The third-order valence-corrected chi connectivity index (χ3v) is 8.63. The van der Waals surface area contributed by atoms with Crippen molar-refractivity contribution >= 4 is 27.0 Å². The van der Waals surface area contributed by atoms with Gasteiger partial charge in [-0.15, -0.1) is 0 Å². The fourth-order valence-electron chi connectivity index (χ4n) is 4.40. The molecule has 12 heteroatoms. The number of carbonyl (C=O) groups is 1. The fraction of sp³-hybridized carbons (Fsp3) is 0.429. The maximum atomic E-state index is 13.2. The SMILES string of the molecule is COc1ccc(S(=O)(=O)N(CCO)CCO[C@@H]2C[C@H](C(C)C)C=C(C(=O)NCc3nc4ccccc4[nH]3)O2)cc1. The lowest BCUT2D eigenvalue weighted by Crippen LogP contribution is -2.38. The Morgan fingerprint density at radius 2 is 1.95 bits per heavy atom. The number of imidazole rings is 1. The highest BCUT2D eigenvalue weighted by Gasteiger charge is 2.30. The zero-order chi connectivity index (χ0) is 28.7. The predicted octanol–water partition coefficient (Wildman–Crippen LogP) is 2.79. The number of nitrogens with one attached hydrogen (secondary N) is 2. The van der Waals surface area contributed by atoms with E-state index in [2.05, 4.69) is 29.1 Å². The smallest absolute Gasteiger partial charge is 0.286 e. The Labute approximate surface area is 234 Å². The molecular weight excluding hydrogens is 536 g/mol. The number of methoxy groups -OCH3 is 1. The molecular formula is C28H36N4O7S. The van der Waals surface area contributed by atoms with Crippen LogP contribution in [0.1, 0.15) is 26.1 Å². The van der Waals surface area contributed by atoms with Crippen LogP contribution in [0.2, 0.25) is 0 Å². The largest absolute Gasteiger partial charge is 0.497 e. The van der Waals surface area contributed by atoms with Gasteiger partial charge in [-0.25, -0.2) is 13.4 Å². The molecule has 1 aromatic heterocycles. The van der Waals surface area contributed by atoms with Crippen LogP contribution in [0.4, 0.5) is 0 Å². The molecule has 0 bridgehead atoms. The van der Waals surface area contributed by atoms with Crippen LogP contribution in [-0.4, -0.2) is 73.4 Å². The van der Waals surface area contributed by atoms with Crippen LogP contribution < -0.4 is 10.1 Å². The number of aliphatic hydroxyl groups excluding tert-OH is 1. The van der Waals surface area contributed by atoms with Gasteiger partial charge in [0.05, 0.1) is 42.8 Å². The molecule has 40 heavy (non-hydrogen) atoms. The van der Waals surface area contributed by atoms with Gasteiger partial charge in [-0.3, -0.25) is 4.79 Å². The monoisotopic (exact) mass is 572 g/mol. The van der Waals surface area contributed by atoms with E-state index in [1.165, 1.54) is 19.2 Å². The summed E-state index contributed by atoms with van der Waals surface area (Å²) in [5.74, 6) is 1.20. The van der Waals surface area contributed by atoms with Crippen molar-refractivity contribution in [1.82, 2.24) is 19.6 Å². The van der Waals surface area contributed by atoms with Crippen LogP contribution in [0, 0.1) is 11.8 Å². The molecule has 216 valence electrons. The molecule has 1 aliphatic heterocycles. The van der Waals surface area contributed by atoms with Crippen molar-refractivity contribution in [2.24, 2.45) is 11.8 Å². The summed E-state index contributed by atoms with van der Waals surface area (Å²) >= 11 is 0. The van der Waals surface area contributed by atoms with Crippen molar-refractivity contribution < 1.29 is 32.5 Å². The first kappa shape index (κ1) is 29.5. The second kappa shape index (κ2) is 13.3. The molecule has 2 aromatic carbocycles. The van der Waals surface area contributed by atoms with E-state index < -0.39 is 16.3 Å². The van der Waals surface area contributed by atoms with Crippen LogP contribution in [0.15, 0.2) is 65.3 Å². The number of benzene rings is 2. The van der Waals surface area contributed by atoms with Gasteiger partial charge >= 0.3 is 0 Å². The number of aromatic nitrogens is 2. The number of sulfonamides is 1. The molecule has 0 saturated carbocycles. The molecule has 0 saturated heterocycles. The lowest BCUT2D eigenvalue weighted by atomic mass is 9.90. The number of aliphatic hydroxyl groups is 1.